The molecule has 0 bridgehead atoms. The molecule has 1 aliphatic heterocycles. The lowest BCUT2D eigenvalue weighted by molar-refractivity contribution is 0.0527. The summed E-state index contributed by atoms with van der Waals surface area (Å²) in [7, 11) is 0. The van der Waals surface area contributed by atoms with E-state index in [4.69, 9.17) is 10.5 Å². The second kappa shape index (κ2) is 10.7. The van der Waals surface area contributed by atoms with E-state index in [0.717, 1.165) is 19.6 Å². The Balaban J connectivity index is 1.29. The molecule has 0 aliphatic carbocycles. The molecule has 1 aliphatic rings. The first kappa shape index (κ1) is 24.3. The molecule has 0 radical (unpaired) electrons. The Kier molecular flexibility index (Phi) is 7.00. The number of esters is 1. The van der Waals surface area contributed by atoms with E-state index in [0.29, 0.717) is 33.6 Å². The molecule has 1 fully saturated rings. The van der Waals surface area contributed by atoms with Gasteiger partial charge in [0.25, 0.3) is 0 Å². The van der Waals surface area contributed by atoms with Crippen LogP contribution in [0.1, 0.15) is 35.7 Å². The fraction of sp³-hybridized carbons (Fsp3) is 0.259. The first-order chi connectivity index (χ1) is 18.0. The van der Waals surface area contributed by atoms with Gasteiger partial charge in [0.2, 0.25) is 0 Å². The molecule has 4 aromatic rings. The number of nitrogens with one attached hydrogen (secondary N) is 2. The molecule has 0 spiro atoms. The zero-order chi connectivity index (χ0) is 25.8. The predicted octanol–water partition coefficient (Wildman–Crippen LogP) is 4.40. The lowest BCUT2D eigenvalue weighted by Gasteiger charge is -2.15. The Morgan fingerprint density at radius 3 is 2.30 bits per heavy atom. The number of rotatable bonds is 7. The van der Waals surface area contributed by atoms with Crippen molar-refractivity contribution in [2.24, 2.45) is 0 Å². The van der Waals surface area contributed by atoms with Gasteiger partial charge in [0.05, 0.1) is 12.2 Å². The van der Waals surface area contributed by atoms with Gasteiger partial charge in [-0.1, -0.05) is 24.3 Å². The van der Waals surface area contributed by atoms with Crippen LogP contribution in [-0.2, 0) is 11.3 Å². The van der Waals surface area contributed by atoms with Crippen LogP contribution in [0.2, 0.25) is 0 Å². The molecule has 4 N–H and O–H groups in total. The number of nitrogens with zero attached hydrogens (tertiary/aromatic N) is 4. The summed E-state index contributed by atoms with van der Waals surface area (Å²) < 4.78 is 6.74. The highest BCUT2D eigenvalue weighted by atomic mass is 16.5. The van der Waals surface area contributed by atoms with Crippen molar-refractivity contribution < 1.29 is 14.3 Å². The lowest BCUT2D eigenvalue weighted by atomic mass is 10.0. The maximum atomic E-state index is 12.6. The molecule has 1 saturated heterocycles. The van der Waals surface area contributed by atoms with Crippen molar-refractivity contribution in [3.8, 4) is 11.1 Å². The van der Waals surface area contributed by atoms with Crippen LogP contribution in [-0.4, -0.2) is 51.2 Å². The minimum atomic E-state index is -0.476. The van der Waals surface area contributed by atoms with E-state index in [2.05, 4.69) is 25.6 Å². The molecule has 190 valence electrons. The summed E-state index contributed by atoms with van der Waals surface area (Å²) in [5.74, 6) is -0.232. The second-order valence-electron chi connectivity index (χ2n) is 8.91. The molecular weight excluding hydrogens is 470 g/mol. The summed E-state index contributed by atoms with van der Waals surface area (Å²) in [6.45, 7) is 5.22. The third-order valence-electron chi connectivity index (χ3n) is 6.35. The number of carbonyl (C=O) groups excluding carboxylic acids is 2. The fourth-order valence-corrected chi connectivity index (χ4v) is 4.60. The fourth-order valence-electron chi connectivity index (χ4n) is 4.60. The zero-order valence-electron chi connectivity index (χ0n) is 20.6. The van der Waals surface area contributed by atoms with Crippen molar-refractivity contribution in [3.05, 3.63) is 72.2 Å². The van der Waals surface area contributed by atoms with Gasteiger partial charge in [0.1, 0.15) is 11.8 Å². The standard InChI is InChI=1S/C27H29N7O3/c1-2-37-26(35)22-16-34-24(25(28)29-17-30-34)23(22)19-7-11-21(12-8-19)32-27(36)31-20-9-5-18(6-10-20)15-33-13-3-4-14-33/h5-12,16-17H,2-4,13-15H2,1H3,(H2,28,29,30)(H2,31,32,36). The van der Waals surface area contributed by atoms with Gasteiger partial charge in [-0.25, -0.2) is 19.1 Å². The molecule has 37 heavy (non-hydrogen) atoms. The van der Waals surface area contributed by atoms with E-state index in [1.807, 2.05) is 24.3 Å². The number of ether oxygens (including phenoxy) is 1. The summed E-state index contributed by atoms with van der Waals surface area (Å²) in [5.41, 5.74) is 10.8. The summed E-state index contributed by atoms with van der Waals surface area (Å²) in [6.07, 6.45) is 5.43. The molecular formula is C27H29N7O3. The highest BCUT2D eigenvalue weighted by Crippen LogP contribution is 2.33. The van der Waals surface area contributed by atoms with Crippen LogP contribution < -0.4 is 16.4 Å². The van der Waals surface area contributed by atoms with Gasteiger partial charge in [-0.2, -0.15) is 5.10 Å². The molecule has 2 aromatic heterocycles. The van der Waals surface area contributed by atoms with Gasteiger partial charge in [0, 0.05) is 29.7 Å². The van der Waals surface area contributed by atoms with E-state index in [-0.39, 0.29) is 18.5 Å². The molecule has 10 nitrogen and oxygen atoms in total. The lowest BCUT2D eigenvalue weighted by Crippen LogP contribution is -2.20. The van der Waals surface area contributed by atoms with Crippen molar-refractivity contribution in [2.45, 2.75) is 26.3 Å². The van der Waals surface area contributed by atoms with Gasteiger partial charge in [0.15, 0.2) is 5.82 Å². The summed E-state index contributed by atoms with van der Waals surface area (Å²) in [4.78, 5) is 31.7. The quantitative estimate of drug-likeness (QED) is 0.322. The average molecular weight is 500 g/mol. The SMILES string of the molecule is CCOC(=O)c1cn2ncnc(N)c2c1-c1ccc(NC(=O)Nc2ccc(CN3CCCC3)cc2)cc1. The van der Waals surface area contributed by atoms with E-state index >= 15 is 0 Å². The summed E-state index contributed by atoms with van der Waals surface area (Å²) >= 11 is 0. The zero-order valence-corrected chi connectivity index (χ0v) is 20.6. The number of fused-ring (bicyclic) bond motifs is 1. The van der Waals surface area contributed by atoms with Gasteiger partial charge in [-0.3, -0.25) is 4.90 Å². The average Bonchev–Trinajstić information content (AvgIpc) is 3.54. The summed E-state index contributed by atoms with van der Waals surface area (Å²) in [6, 6.07) is 14.7. The summed E-state index contributed by atoms with van der Waals surface area (Å²) in [5, 5.41) is 9.87. The van der Waals surface area contributed by atoms with Crippen molar-refractivity contribution >= 4 is 34.7 Å². The highest BCUT2D eigenvalue weighted by molar-refractivity contribution is 6.05. The number of hydrogen-bond acceptors (Lipinski definition) is 7. The van der Waals surface area contributed by atoms with Crippen molar-refractivity contribution in [1.82, 2.24) is 19.5 Å². The minimum Gasteiger partial charge on any atom is -0.462 e. The number of urea groups is 1. The van der Waals surface area contributed by atoms with Gasteiger partial charge in [-0.15, -0.1) is 0 Å². The predicted molar refractivity (Wildman–Crippen MR) is 142 cm³/mol. The molecule has 0 saturated carbocycles. The van der Waals surface area contributed by atoms with E-state index in [9.17, 15) is 9.59 Å². The topological polar surface area (TPSA) is 127 Å². The van der Waals surface area contributed by atoms with Crippen molar-refractivity contribution in [1.29, 1.82) is 0 Å². The third kappa shape index (κ3) is 5.39. The van der Waals surface area contributed by atoms with Gasteiger partial charge < -0.3 is 21.1 Å². The largest absolute Gasteiger partial charge is 0.462 e. The third-order valence-corrected chi connectivity index (χ3v) is 6.35. The van der Waals surface area contributed by atoms with E-state index < -0.39 is 5.97 Å². The number of nitrogens with two attached hydrogens (primary N) is 1. The van der Waals surface area contributed by atoms with Gasteiger partial charge >= 0.3 is 12.0 Å². The minimum absolute atomic E-state index is 0.241. The number of benzene rings is 2. The number of nitrogen functional groups attached to an aromatic ring is 1. The van der Waals surface area contributed by atoms with Crippen molar-refractivity contribution in [2.75, 3.05) is 36.1 Å². The molecule has 0 unspecified atom stereocenters. The number of carbonyl (C=O) groups is 2. The Bertz CT molecular complexity index is 1410. The molecule has 0 atom stereocenters. The second-order valence-corrected chi connectivity index (χ2v) is 8.91. The first-order valence-corrected chi connectivity index (χ1v) is 12.3. The van der Waals surface area contributed by atoms with Crippen LogP contribution in [0.15, 0.2) is 61.1 Å². The normalized spacial score (nSPS) is 13.5. The van der Waals surface area contributed by atoms with E-state index in [1.165, 1.54) is 29.2 Å². The molecule has 2 amide bonds. The van der Waals surface area contributed by atoms with Crippen LogP contribution in [0.3, 0.4) is 0 Å². The van der Waals surface area contributed by atoms with E-state index in [1.54, 1.807) is 37.4 Å². The monoisotopic (exact) mass is 499 g/mol. The molecule has 5 rings (SSSR count). The Morgan fingerprint density at radius 2 is 1.65 bits per heavy atom. The van der Waals surface area contributed by atoms with Crippen LogP contribution in [0, 0.1) is 0 Å². The molecule has 10 heteroatoms. The van der Waals surface area contributed by atoms with Gasteiger partial charge in [-0.05, 0) is 68.2 Å². The smallest absolute Gasteiger partial charge is 0.340 e. The maximum Gasteiger partial charge on any atom is 0.340 e. The number of aromatic nitrogens is 3. The Morgan fingerprint density at radius 1 is 1.00 bits per heavy atom. The Labute approximate surface area is 214 Å². The first-order valence-electron chi connectivity index (χ1n) is 12.3. The van der Waals surface area contributed by atoms with Crippen LogP contribution in [0.5, 0.6) is 0 Å². The number of likely N-dealkylation sites (tertiary alicyclic amines) is 1. The van der Waals surface area contributed by atoms with Crippen LogP contribution in [0.25, 0.3) is 16.6 Å². The van der Waals surface area contributed by atoms with Crippen LogP contribution >= 0.6 is 0 Å². The van der Waals surface area contributed by atoms with Crippen molar-refractivity contribution in [3.63, 3.8) is 0 Å². The molecule has 2 aromatic carbocycles. The number of anilines is 3. The highest BCUT2D eigenvalue weighted by Gasteiger charge is 2.22. The molecule has 3 heterocycles. The Hall–Kier alpha value is -4.44. The number of amides is 2. The maximum absolute atomic E-state index is 12.6. The van der Waals surface area contributed by atoms with Crippen LogP contribution in [0.4, 0.5) is 22.0 Å². The number of hydrogen-bond donors (Lipinski definition) is 3.